The van der Waals surface area contributed by atoms with E-state index in [2.05, 4.69) is 0 Å². The summed E-state index contributed by atoms with van der Waals surface area (Å²) >= 11 is 0. The molecule has 3 heterocycles. The van der Waals surface area contributed by atoms with Gasteiger partial charge in [-0.05, 0) is 38.5 Å². The van der Waals surface area contributed by atoms with E-state index >= 15 is 0 Å². The molecule has 2 bridgehead atoms. The van der Waals surface area contributed by atoms with E-state index in [1.54, 1.807) is 25.1 Å². The van der Waals surface area contributed by atoms with Crippen molar-refractivity contribution in [2.75, 3.05) is 6.61 Å². The number of para-hydroxylation sites is 1. The molecule has 2 atom stereocenters. The molecule has 0 N–H and O–H groups in total. The van der Waals surface area contributed by atoms with Crippen LogP contribution in [0.1, 0.15) is 41.0 Å². The van der Waals surface area contributed by atoms with Crippen molar-refractivity contribution in [3.63, 3.8) is 0 Å². The third kappa shape index (κ3) is 3.08. The molecule has 0 amide bonds. The van der Waals surface area contributed by atoms with Crippen molar-refractivity contribution in [1.82, 2.24) is 8.87 Å². The van der Waals surface area contributed by atoms with E-state index < -0.39 is 33.9 Å². The number of sulfonamides is 1. The van der Waals surface area contributed by atoms with Gasteiger partial charge in [0, 0.05) is 23.6 Å². The van der Waals surface area contributed by atoms with E-state index in [0.717, 1.165) is 16.5 Å². The van der Waals surface area contributed by atoms with Gasteiger partial charge < -0.3 is 9.30 Å². The quantitative estimate of drug-likeness (QED) is 0.550. The van der Waals surface area contributed by atoms with Crippen LogP contribution in [0.3, 0.4) is 0 Å². The van der Waals surface area contributed by atoms with Crippen molar-refractivity contribution in [3.05, 3.63) is 77.0 Å². The van der Waals surface area contributed by atoms with Gasteiger partial charge in [-0.2, -0.15) is 4.31 Å². The predicted octanol–water partition coefficient (Wildman–Crippen LogP) is 3.68. The van der Waals surface area contributed by atoms with Gasteiger partial charge >= 0.3 is 5.97 Å². The van der Waals surface area contributed by atoms with Crippen LogP contribution >= 0.6 is 0 Å². The fourth-order valence-corrected chi connectivity index (χ4v) is 6.74. The van der Waals surface area contributed by atoms with E-state index in [9.17, 15) is 18.0 Å². The summed E-state index contributed by atoms with van der Waals surface area (Å²) in [5.74, 6) is -1.07. The third-order valence-corrected chi connectivity index (χ3v) is 8.38. The molecule has 0 fully saturated rings. The summed E-state index contributed by atoms with van der Waals surface area (Å²) in [5, 5.41) is 0.757. The molecule has 0 spiro atoms. The van der Waals surface area contributed by atoms with E-state index in [0.29, 0.717) is 11.3 Å². The number of aryl methyl sites for hydroxylation is 2. The maximum Gasteiger partial charge on any atom is 0.335 e. The van der Waals surface area contributed by atoms with Gasteiger partial charge in [-0.1, -0.05) is 42.0 Å². The first-order valence-electron chi connectivity index (χ1n) is 10.9. The molecule has 1 unspecified atom stereocenters. The van der Waals surface area contributed by atoms with Crippen molar-refractivity contribution < 1.29 is 22.7 Å². The summed E-state index contributed by atoms with van der Waals surface area (Å²) in [5.41, 5.74) is 2.97. The number of carbonyl (C=O) groups excluding carboxylic acids is 2. The minimum atomic E-state index is -4.10. The zero-order chi connectivity index (χ0) is 23.5. The van der Waals surface area contributed by atoms with Crippen molar-refractivity contribution in [2.45, 2.75) is 37.2 Å². The molecular formula is C25H24N2O5S. The maximum absolute atomic E-state index is 13.9. The summed E-state index contributed by atoms with van der Waals surface area (Å²) in [6, 6.07) is 12.1. The number of ether oxygens (including phenoxy) is 1. The normalized spacial score (nSPS) is 20.5. The number of carbonyl (C=O) groups is 2. The highest BCUT2D eigenvalue weighted by Crippen LogP contribution is 2.47. The first-order chi connectivity index (χ1) is 15.8. The lowest BCUT2D eigenvalue weighted by Crippen LogP contribution is -2.54. The lowest BCUT2D eigenvalue weighted by atomic mass is 9.83. The fourth-order valence-electron chi connectivity index (χ4n) is 5.01. The molecule has 8 heteroatoms. The lowest BCUT2D eigenvalue weighted by molar-refractivity contribution is -0.139. The predicted molar refractivity (Wildman–Crippen MR) is 123 cm³/mol. The molecule has 2 aliphatic heterocycles. The Morgan fingerprint density at radius 1 is 1.12 bits per heavy atom. The number of nitrogens with zero attached hydrogens (tertiary/aromatic N) is 2. The van der Waals surface area contributed by atoms with Crippen molar-refractivity contribution in [3.8, 4) is 0 Å². The average Bonchev–Trinajstić information content (AvgIpc) is 3.10. The second-order valence-electron chi connectivity index (χ2n) is 8.38. The van der Waals surface area contributed by atoms with Gasteiger partial charge in [-0.15, -0.1) is 0 Å². The summed E-state index contributed by atoms with van der Waals surface area (Å²) in [6.07, 6.45) is 1.92. The SMILES string of the molecule is CCOC(=O)C1=CC[C@H]2c3c(c4ccccc4n3C)C(=O)C1N2S(=O)(=O)c1ccc(C)cc1. The van der Waals surface area contributed by atoms with Crippen LogP contribution in [-0.2, 0) is 26.6 Å². The van der Waals surface area contributed by atoms with Crippen molar-refractivity contribution in [1.29, 1.82) is 0 Å². The highest BCUT2D eigenvalue weighted by atomic mass is 32.2. The Labute approximate surface area is 192 Å². The van der Waals surface area contributed by atoms with Gasteiger partial charge in [-0.25, -0.2) is 13.2 Å². The topological polar surface area (TPSA) is 85.7 Å². The van der Waals surface area contributed by atoms with Crippen LogP contribution in [0.25, 0.3) is 10.9 Å². The average molecular weight is 465 g/mol. The number of fused-ring (bicyclic) bond motifs is 6. The molecule has 2 aromatic carbocycles. The number of esters is 1. The van der Waals surface area contributed by atoms with Gasteiger partial charge in [0.15, 0.2) is 5.78 Å². The Kier molecular flexibility index (Phi) is 5.02. The zero-order valence-corrected chi connectivity index (χ0v) is 19.4. The number of Topliss-reactive ketones (excluding diaryl/α,β-unsaturated/α-hetero) is 1. The van der Waals surface area contributed by atoms with Crippen LogP contribution in [0, 0.1) is 6.92 Å². The Bertz CT molecular complexity index is 1430. The highest BCUT2D eigenvalue weighted by molar-refractivity contribution is 7.89. The number of ketones is 1. The van der Waals surface area contributed by atoms with E-state index in [4.69, 9.17) is 4.74 Å². The van der Waals surface area contributed by atoms with Gasteiger partial charge in [0.25, 0.3) is 0 Å². The second kappa shape index (κ2) is 7.67. The van der Waals surface area contributed by atoms with E-state index in [1.807, 2.05) is 42.8 Å². The zero-order valence-electron chi connectivity index (χ0n) is 18.6. The number of aromatic nitrogens is 1. The molecule has 0 saturated heterocycles. The fraction of sp³-hybridized carbons (Fsp3) is 0.280. The largest absolute Gasteiger partial charge is 0.463 e. The Balaban J connectivity index is 1.77. The minimum absolute atomic E-state index is 0.0763. The van der Waals surface area contributed by atoms with Gasteiger partial charge in [-0.3, -0.25) is 4.79 Å². The third-order valence-electron chi connectivity index (χ3n) is 6.49. The number of rotatable bonds is 4. The minimum Gasteiger partial charge on any atom is -0.463 e. The second-order valence-corrected chi connectivity index (χ2v) is 10.2. The molecule has 33 heavy (non-hydrogen) atoms. The monoisotopic (exact) mass is 464 g/mol. The molecule has 5 rings (SSSR count). The highest BCUT2D eigenvalue weighted by Gasteiger charge is 2.53. The maximum atomic E-state index is 13.9. The summed E-state index contributed by atoms with van der Waals surface area (Å²) < 4.78 is 36.1. The molecular weight excluding hydrogens is 440 g/mol. The van der Waals surface area contributed by atoms with Gasteiger partial charge in [0.2, 0.25) is 10.0 Å². The summed E-state index contributed by atoms with van der Waals surface area (Å²) in [4.78, 5) is 26.8. The smallest absolute Gasteiger partial charge is 0.335 e. The van der Waals surface area contributed by atoms with Crippen LogP contribution in [0.2, 0.25) is 0 Å². The standard InChI is InChI=1S/C25H24N2O5S/c1-4-32-25(29)18-13-14-20-23-21(17-7-5-6-8-19(17)26(23)3)24(28)22(18)27(20)33(30,31)16-11-9-15(2)10-12-16/h5-13,20,22H,4,14H2,1-3H3/t20-,22?/m0/s1. The Morgan fingerprint density at radius 3 is 2.52 bits per heavy atom. The number of benzene rings is 2. The van der Waals surface area contributed by atoms with Crippen LogP contribution in [0.4, 0.5) is 0 Å². The van der Waals surface area contributed by atoms with Crippen LogP contribution in [0.5, 0.6) is 0 Å². The first-order valence-corrected chi connectivity index (χ1v) is 12.3. The van der Waals surface area contributed by atoms with Crippen LogP contribution in [0.15, 0.2) is 65.1 Å². The molecule has 2 aliphatic rings. The Morgan fingerprint density at radius 2 is 1.82 bits per heavy atom. The number of hydrogen-bond donors (Lipinski definition) is 0. The summed E-state index contributed by atoms with van der Waals surface area (Å²) in [6.45, 7) is 3.68. The molecule has 170 valence electrons. The molecule has 0 saturated carbocycles. The van der Waals surface area contributed by atoms with E-state index in [-0.39, 0.29) is 23.5 Å². The molecule has 7 nitrogen and oxygen atoms in total. The van der Waals surface area contributed by atoms with Crippen LogP contribution in [-0.4, -0.2) is 41.7 Å². The van der Waals surface area contributed by atoms with E-state index in [1.165, 1.54) is 16.4 Å². The Hall–Kier alpha value is -3.23. The van der Waals surface area contributed by atoms with Crippen molar-refractivity contribution in [2.24, 2.45) is 7.05 Å². The van der Waals surface area contributed by atoms with Gasteiger partial charge in [0.1, 0.15) is 6.04 Å². The molecule has 0 radical (unpaired) electrons. The van der Waals surface area contributed by atoms with Crippen molar-refractivity contribution >= 4 is 32.7 Å². The number of hydrogen-bond acceptors (Lipinski definition) is 5. The van der Waals surface area contributed by atoms with Gasteiger partial charge in [0.05, 0.1) is 28.7 Å². The summed E-state index contributed by atoms with van der Waals surface area (Å²) in [7, 11) is -2.26. The molecule has 1 aromatic heterocycles. The van der Waals surface area contributed by atoms with Crippen LogP contribution < -0.4 is 0 Å². The lowest BCUT2D eigenvalue weighted by Gasteiger charge is -2.43. The first kappa shape index (κ1) is 21.6. The molecule has 3 aromatic rings. The molecule has 0 aliphatic carbocycles.